The molecule has 2 aromatic heterocycles. The molecule has 1 N–H and O–H groups in total. The molecule has 0 atom stereocenters. The van der Waals surface area contributed by atoms with Gasteiger partial charge in [-0.05, 0) is 48.9 Å². The van der Waals surface area contributed by atoms with Crippen LogP contribution in [0.1, 0.15) is 22.6 Å². The number of nitriles is 1. The first-order chi connectivity index (χ1) is 15.5. The average molecular weight is 441 g/mol. The minimum atomic E-state index is -0.353. The summed E-state index contributed by atoms with van der Waals surface area (Å²) in [5.41, 5.74) is 5.58. The number of para-hydroxylation sites is 1. The van der Waals surface area contributed by atoms with Crippen LogP contribution in [-0.2, 0) is 6.54 Å². The molecule has 32 heavy (non-hydrogen) atoms. The van der Waals surface area contributed by atoms with Gasteiger partial charge in [0.05, 0.1) is 16.6 Å². The van der Waals surface area contributed by atoms with Crippen LogP contribution in [0.5, 0.6) is 0 Å². The molecular weight excluding hydrogens is 423 g/mol. The zero-order chi connectivity index (χ0) is 22.2. The van der Waals surface area contributed by atoms with Crippen molar-refractivity contribution in [3.63, 3.8) is 0 Å². The zero-order valence-electron chi connectivity index (χ0n) is 17.2. The molecule has 0 fully saturated rings. The van der Waals surface area contributed by atoms with Crippen molar-refractivity contribution in [2.75, 3.05) is 0 Å². The molecule has 0 aliphatic carbocycles. The molecule has 0 amide bonds. The molecule has 0 unspecified atom stereocenters. The number of halogens is 2. The first-order valence-electron chi connectivity index (χ1n) is 10.1. The van der Waals surface area contributed by atoms with Crippen molar-refractivity contribution in [1.29, 1.82) is 5.26 Å². The Morgan fingerprint density at radius 2 is 1.94 bits per heavy atom. The number of H-pyrrole nitrogens is 1. The molecule has 0 saturated heterocycles. The highest BCUT2D eigenvalue weighted by Crippen LogP contribution is 2.31. The highest BCUT2D eigenvalue weighted by Gasteiger charge is 2.16. The molecule has 0 aliphatic rings. The van der Waals surface area contributed by atoms with E-state index in [1.54, 1.807) is 6.07 Å². The van der Waals surface area contributed by atoms with Gasteiger partial charge >= 0.3 is 0 Å². The third-order valence-electron chi connectivity index (χ3n) is 5.67. The normalized spacial score (nSPS) is 11.9. The number of imidazole rings is 1. The molecule has 0 radical (unpaired) electrons. The molecule has 0 spiro atoms. The standard InChI is InChI=1S/C26H18ClFN4/c1-16-21(12-18(14-29)26-30-23-11-10-19(28)13-24(23)31-26)20-7-3-5-9-25(20)32(16)15-17-6-2-4-8-22(17)27/h2-13H,15H2,1H3,(H,30,31)/b18-12-. The lowest BCUT2D eigenvalue weighted by Crippen LogP contribution is -2.02. The Balaban J connectivity index is 1.66. The number of nitrogens with zero attached hydrogens (tertiary/aromatic N) is 3. The molecule has 156 valence electrons. The van der Waals surface area contributed by atoms with Gasteiger partial charge in [-0.15, -0.1) is 0 Å². The van der Waals surface area contributed by atoms with Crippen molar-refractivity contribution >= 4 is 45.2 Å². The predicted molar refractivity (Wildman–Crippen MR) is 127 cm³/mol. The third-order valence-corrected chi connectivity index (χ3v) is 6.04. The first-order valence-corrected chi connectivity index (χ1v) is 10.5. The van der Waals surface area contributed by atoms with Crippen molar-refractivity contribution in [2.45, 2.75) is 13.5 Å². The summed E-state index contributed by atoms with van der Waals surface area (Å²) in [5, 5.41) is 11.6. The van der Waals surface area contributed by atoms with Crippen LogP contribution in [-0.4, -0.2) is 14.5 Å². The van der Waals surface area contributed by atoms with Gasteiger partial charge in [-0.2, -0.15) is 5.26 Å². The van der Waals surface area contributed by atoms with Crippen LogP contribution in [0.4, 0.5) is 4.39 Å². The summed E-state index contributed by atoms with van der Waals surface area (Å²) in [6.45, 7) is 2.65. The fourth-order valence-electron chi connectivity index (χ4n) is 4.05. The fraction of sp³-hybridized carbons (Fsp3) is 0.0769. The molecule has 3 aromatic carbocycles. The van der Waals surface area contributed by atoms with Gasteiger partial charge in [0.25, 0.3) is 0 Å². The summed E-state index contributed by atoms with van der Waals surface area (Å²) in [5.74, 6) is 0.0594. The Labute approximate surface area is 189 Å². The summed E-state index contributed by atoms with van der Waals surface area (Å²) in [7, 11) is 0. The Kier molecular flexibility index (Phi) is 5.01. The van der Waals surface area contributed by atoms with E-state index in [2.05, 4.69) is 26.7 Å². The second kappa shape index (κ2) is 7.99. The van der Waals surface area contributed by atoms with Crippen LogP contribution in [0.25, 0.3) is 33.6 Å². The lowest BCUT2D eigenvalue weighted by Gasteiger charge is -2.10. The van der Waals surface area contributed by atoms with E-state index in [0.29, 0.717) is 34.0 Å². The second-order valence-corrected chi connectivity index (χ2v) is 8.02. The van der Waals surface area contributed by atoms with Crippen LogP contribution in [0.2, 0.25) is 5.02 Å². The Bertz CT molecular complexity index is 1550. The van der Waals surface area contributed by atoms with Crippen molar-refractivity contribution < 1.29 is 4.39 Å². The molecule has 0 saturated carbocycles. The van der Waals surface area contributed by atoms with Crippen molar-refractivity contribution in [3.05, 3.63) is 100 Å². The van der Waals surface area contributed by atoms with Gasteiger partial charge in [0.15, 0.2) is 0 Å². The van der Waals surface area contributed by atoms with Crippen LogP contribution in [0, 0.1) is 24.1 Å². The summed E-state index contributed by atoms with van der Waals surface area (Å²) >= 11 is 6.41. The van der Waals surface area contributed by atoms with E-state index >= 15 is 0 Å². The van der Waals surface area contributed by atoms with E-state index in [-0.39, 0.29) is 5.82 Å². The van der Waals surface area contributed by atoms with Crippen LogP contribution < -0.4 is 0 Å². The highest BCUT2D eigenvalue weighted by molar-refractivity contribution is 6.31. The number of rotatable bonds is 4. The fourth-order valence-corrected chi connectivity index (χ4v) is 4.24. The maximum absolute atomic E-state index is 13.6. The van der Waals surface area contributed by atoms with Crippen LogP contribution in [0.15, 0.2) is 66.7 Å². The van der Waals surface area contributed by atoms with Crippen molar-refractivity contribution in [1.82, 2.24) is 14.5 Å². The van der Waals surface area contributed by atoms with Crippen molar-refractivity contribution in [3.8, 4) is 6.07 Å². The van der Waals surface area contributed by atoms with E-state index < -0.39 is 0 Å². The van der Waals surface area contributed by atoms with E-state index in [1.807, 2.05) is 55.5 Å². The van der Waals surface area contributed by atoms with Gasteiger partial charge in [-0.25, -0.2) is 9.37 Å². The highest BCUT2D eigenvalue weighted by atomic mass is 35.5. The van der Waals surface area contributed by atoms with E-state index in [1.165, 1.54) is 12.1 Å². The molecule has 5 aromatic rings. The quantitative estimate of drug-likeness (QED) is 0.315. The predicted octanol–water partition coefficient (Wildman–Crippen LogP) is 6.73. The largest absolute Gasteiger partial charge is 0.340 e. The van der Waals surface area contributed by atoms with Crippen molar-refractivity contribution in [2.24, 2.45) is 0 Å². The lowest BCUT2D eigenvalue weighted by atomic mass is 10.1. The smallest absolute Gasteiger partial charge is 0.149 e. The minimum absolute atomic E-state index is 0.353. The van der Waals surface area contributed by atoms with Gasteiger partial charge in [0.2, 0.25) is 0 Å². The maximum atomic E-state index is 13.6. The minimum Gasteiger partial charge on any atom is -0.340 e. The van der Waals surface area contributed by atoms with E-state index in [9.17, 15) is 9.65 Å². The third kappa shape index (κ3) is 3.45. The number of fused-ring (bicyclic) bond motifs is 2. The Morgan fingerprint density at radius 3 is 2.75 bits per heavy atom. The number of aromatic amines is 1. The van der Waals surface area contributed by atoms with E-state index in [0.717, 1.165) is 27.7 Å². The van der Waals surface area contributed by atoms with E-state index in [4.69, 9.17) is 11.6 Å². The van der Waals surface area contributed by atoms with Gasteiger partial charge < -0.3 is 9.55 Å². The summed E-state index contributed by atoms with van der Waals surface area (Å²) in [6, 6.07) is 22.4. The Hall–Kier alpha value is -3.88. The molecular formula is C26H18ClFN4. The molecule has 2 heterocycles. The van der Waals surface area contributed by atoms with Gasteiger partial charge in [-0.1, -0.05) is 48.0 Å². The molecule has 6 heteroatoms. The number of hydrogen-bond donors (Lipinski definition) is 1. The topological polar surface area (TPSA) is 57.4 Å². The number of hydrogen-bond acceptors (Lipinski definition) is 2. The van der Waals surface area contributed by atoms with Crippen LogP contribution >= 0.6 is 11.6 Å². The summed E-state index contributed by atoms with van der Waals surface area (Å²) in [4.78, 5) is 7.54. The molecule has 4 nitrogen and oxygen atoms in total. The number of allylic oxidation sites excluding steroid dienone is 1. The van der Waals surface area contributed by atoms with Crippen LogP contribution in [0.3, 0.4) is 0 Å². The molecule has 0 bridgehead atoms. The lowest BCUT2D eigenvalue weighted by molar-refractivity contribution is 0.629. The van der Waals surface area contributed by atoms with Gasteiger partial charge in [0.1, 0.15) is 17.7 Å². The summed E-state index contributed by atoms with van der Waals surface area (Å²) in [6.07, 6.45) is 1.84. The molecule has 5 rings (SSSR count). The average Bonchev–Trinajstić information content (AvgIpc) is 3.32. The zero-order valence-corrected chi connectivity index (χ0v) is 18.0. The molecule has 0 aliphatic heterocycles. The maximum Gasteiger partial charge on any atom is 0.149 e. The number of aromatic nitrogens is 3. The van der Waals surface area contributed by atoms with Gasteiger partial charge in [0, 0.05) is 33.7 Å². The first kappa shape index (κ1) is 20.0. The number of nitrogens with one attached hydrogen (secondary N) is 1. The summed E-state index contributed by atoms with van der Waals surface area (Å²) < 4.78 is 15.8. The Morgan fingerprint density at radius 1 is 1.16 bits per heavy atom. The number of benzene rings is 3. The SMILES string of the molecule is Cc1c(/C=C(/C#N)c2nc3ccc(F)cc3[nH]2)c2ccccc2n1Cc1ccccc1Cl. The van der Waals surface area contributed by atoms with Gasteiger partial charge in [-0.3, -0.25) is 0 Å². The second-order valence-electron chi connectivity index (χ2n) is 7.61. The monoisotopic (exact) mass is 440 g/mol.